The summed E-state index contributed by atoms with van der Waals surface area (Å²) < 4.78 is 11.5. The summed E-state index contributed by atoms with van der Waals surface area (Å²) in [5.41, 5.74) is 7.89. The first-order valence-corrected chi connectivity index (χ1v) is 7.03. The summed E-state index contributed by atoms with van der Waals surface area (Å²) in [4.78, 5) is 4.35. The molecule has 1 heterocycles. The molecular formula is C15H23N3O2. The molecule has 1 aliphatic rings. The third-order valence-corrected chi connectivity index (χ3v) is 3.77. The highest BCUT2D eigenvalue weighted by Crippen LogP contribution is 2.28. The minimum absolute atomic E-state index is 0.00380. The molecule has 0 aromatic carbocycles. The van der Waals surface area contributed by atoms with E-state index in [1.807, 2.05) is 19.9 Å². The van der Waals surface area contributed by atoms with Gasteiger partial charge in [0.25, 0.3) is 0 Å². The minimum atomic E-state index is 0.00380. The molecule has 3 N–H and O–H groups in total. The Morgan fingerprint density at radius 1 is 1.35 bits per heavy atom. The smallest absolute Gasteiger partial charge is 0.134 e. The van der Waals surface area contributed by atoms with Crippen LogP contribution in [0, 0.1) is 19.3 Å². The molecule has 5 nitrogen and oxygen atoms in total. The summed E-state index contributed by atoms with van der Waals surface area (Å²) in [5, 5.41) is 7.71. The van der Waals surface area contributed by atoms with Gasteiger partial charge in [-0.15, -0.1) is 0 Å². The zero-order chi connectivity index (χ0) is 14.7. The second-order valence-corrected chi connectivity index (χ2v) is 5.40. The van der Waals surface area contributed by atoms with Gasteiger partial charge in [0.15, 0.2) is 0 Å². The molecule has 2 atom stereocenters. The van der Waals surface area contributed by atoms with Gasteiger partial charge in [0.05, 0.1) is 17.4 Å². The van der Waals surface area contributed by atoms with E-state index in [9.17, 15) is 0 Å². The third kappa shape index (κ3) is 3.28. The van der Waals surface area contributed by atoms with Crippen LogP contribution < -0.4 is 10.5 Å². The second-order valence-electron chi connectivity index (χ2n) is 5.40. The second kappa shape index (κ2) is 6.22. The van der Waals surface area contributed by atoms with E-state index in [0.717, 1.165) is 37.1 Å². The maximum absolute atomic E-state index is 7.71. The Hall–Kier alpha value is -1.62. The number of methoxy groups -OCH3 is 1. The van der Waals surface area contributed by atoms with Crippen molar-refractivity contribution in [2.75, 3.05) is 7.11 Å². The molecular weight excluding hydrogens is 254 g/mol. The fourth-order valence-corrected chi connectivity index (χ4v) is 2.82. The molecule has 0 amide bonds. The van der Waals surface area contributed by atoms with Crippen molar-refractivity contribution in [2.45, 2.75) is 51.7 Å². The molecule has 1 aromatic rings. The molecule has 2 unspecified atom stereocenters. The van der Waals surface area contributed by atoms with Crippen molar-refractivity contribution in [3.63, 3.8) is 0 Å². The van der Waals surface area contributed by atoms with Crippen LogP contribution in [0.5, 0.6) is 5.75 Å². The number of rotatable bonds is 4. The molecule has 1 aromatic heterocycles. The summed E-state index contributed by atoms with van der Waals surface area (Å²) >= 11 is 0. The number of hydrogen-bond acceptors (Lipinski definition) is 4. The molecule has 0 bridgehead atoms. The number of nitrogen functional groups attached to an aromatic ring is 1. The molecule has 1 aliphatic carbocycles. The number of ether oxygens (including phenoxy) is 2. The lowest BCUT2D eigenvalue weighted by Crippen LogP contribution is -2.30. The molecule has 1 fully saturated rings. The molecule has 20 heavy (non-hydrogen) atoms. The fourth-order valence-electron chi connectivity index (χ4n) is 2.82. The van der Waals surface area contributed by atoms with Crippen molar-refractivity contribution >= 4 is 5.84 Å². The van der Waals surface area contributed by atoms with E-state index in [2.05, 4.69) is 4.98 Å². The van der Waals surface area contributed by atoms with Gasteiger partial charge in [0, 0.05) is 25.3 Å². The maximum atomic E-state index is 7.71. The first-order valence-electron chi connectivity index (χ1n) is 7.03. The molecule has 0 saturated heterocycles. The largest absolute Gasteiger partial charge is 0.489 e. The van der Waals surface area contributed by atoms with Gasteiger partial charge in [-0.25, -0.2) is 0 Å². The fraction of sp³-hybridized carbons (Fsp3) is 0.600. The number of hydrogen-bond donors (Lipinski definition) is 2. The van der Waals surface area contributed by atoms with Crippen molar-refractivity contribution in [2.24, 2.45) is 5.73 Å². The van der Waals surface area contributed by atoms with Crippen LogP contribution in [0.2, 0.25) is 0 Å². The first kappa shape index (κ1) is 14.8. The highest BCUT2D eigenvalue weighted by atomic mass is 16.5. The Bertz CT molecular complexity index is 502. The van der Waals surface area contributed by atoms with Crippen molar-refractivity contribution < 1.29 is 9.47 Å². The molecule has 110 valence electrons. The highest BCUT2D eigenvalue weighted by molar-refractivity contribution is 5.98. The van der Waals surface area contributed by atoms with Crippen LogP contribution in [0.1, 0.15) is 42.6 Å². The topological polar surface area (TPSA) is 81.2 Å². The lowest BCUT2D eigenvalue weighted by molar-refractivity contribution is 0.0208. The lowest BCUT2D eigenvalue weighted by Gasteiger charge is -2.29. The maximum Gasteiger partial charge on any atom is 0.134 e. The normalized spacial score (nSPS) is 22.6. The molecule has 2 rings (SSSR count). The van der Waals surface area contributed by atoms with E-state index >= 15 is 0 Å². The van der Waals surface area contributed by atoms with Gasteiger partial charge >= 0.3 is 0 Å². The number of aryl methyl sites for hydroxylation is 2. The van der Waals surface area contributed by atoms with Gasteiger partial charge < -0.3 is 15.2 Å². The number of pyridine rings is 1. The van der Waals surface area contributed by atoms with Crippen molar-refractivity contribution in [1.29, 1.82) is 5.41 Å². The standard InChI is InChI=1S/C15H23N3O2/c1-9-7-13(14(15(16)17)10(2)18-9)20-12-6-4-5-11(8-12)19-3/h7,11-12H,4-6,8H2,1-3H3,(H3,16,17). The van der Waals surface area contributed by atoms with E-state index in [0.29, 0.717) is 11.3 Å². The third-order valence-electron chi connectivity index (χ3n) is 3.77. The van der Waals surface area contributed by atoms with Crippen LogP contribution in [0.25, 0.3) is 0 Å². The van der Waals surface area contributed by atoms with Crippen molar-refractivity contribution in [3.8, 4) is 5.75 Å². The quantitative estimate of drug-likeness (QED) is 0.653. The van der Waals surface area contributed by atoms with Gasteiger partial charge in [-0.2, -0.15) is 0 Å². The molecule has 0 radical (unpaired) electrons. The Balaban J connectivity index is 2.22. The van der Waals surface area contributed by atoms with E-state index < -0.39 is 0 Å². The van der Waals surface area contributed by atoms with Gasteiger partial charge in [0.1, 0.15) is 17.7 Å². The van der Waals surface area contributed by atoms with Crippen LogP contribution in [-0.2, 0) is 4.74 Å². The van der Waals surface area contributed by atoms with Crippen LogP contribution in [0.15, 0.2) is 6.07 Å². The Labute approximate surface area is 120 Å². The number of nitrogens with one attached hydrogen (secondary N) is 1. The number of aromatic nitrogens is 1. The van der Waals surface area contributed by atoms with Crippen molar-refractivity contribution in [3.05, 3.63) is 23.0 Å². The Morgan fingerprint density at radius 3 is 2.70 bits per heavy atom. The predicted molar refractivity (Wildman–Crippen MR) is 78.4 cm³/mol. The van der Waals surface area contributed by atoms with E-state index in [1.54, 1.807) is 7.11 Å². The SMILES string of the molecule is COC1CCCC(Oc2cc(C)nc(C)c2C(=N)N)C1. The zero-order valence-corrected chi connectivity index (χ0v) is 12.4. The lowest BCUT2D eigenvalue weighted by atomic mass is 9.95. The van der Waals surface area contributed by atoms with Crippen LogP contribution in [0.3, 0.4) is 0 Å². The van der Waals surface area contributed by atoms with Crippen LogP contribution in [0.4, 0.5) is 0 Å². The van der Waals surface area contributed by atoms with Crippen LogP contribution >= 0.6 is 0 Å². The average Bonchev–Trinajstić information content (AvgIpc) is 2.37. The summed E-state index contributed by atoms with van der Waals surface area (Å²) in [5.74, 6) is 0.674. The number of amidine groups is 1. The summed E-state index contributed by atoms with van der Waals surface area (Å²) in [6.07, 6.45) is 4.46. The van der Waals surface area contributed by atoms with Gasteiger partial charge in [-0.3, -0.25) is 10.4 Å². The highest BCUT2D eigenvalue weighted by Gasteiger charge is 2.24. The summed E-state index contributed by atoms with van der Waals surface area (Å²) in [7, 11) is 1.74. The van der Waals surface area contributed by atoms with Crippen LogP contribution in [-0.4, -0.2) is 30.1 Å². The average molecular weight is 277 g/mol. The van der Waals surface area contributed by atoms with Gasteiger partial charge in [0.2, 0.25) is 0 Å². The first-order chi connectivity index (χ1) is 9.51. The monoisotopic (exact) mass is 277 g/mol. The number of nitrogens with zero attached hydrogens (tertiary/aromatic N) is 1. The predicted octanol–water partition coefficient (Wildman–Crippen LogP) is 2.32. The Morgan fingerprint density at radius 2 is 2.05 bits per heavy atom. The van der Waals surface area contributed by atoms with Gasteiger partial charge in [-0.05, 0) is 33.1 Å². The summed E-state index contributed by atoms with van der Waals surface area (Å²) in [6.45, 7) is 3.78. The van der Waals surface area contributed by atoms with Gasteiger partial charge in [-0.1, -0.05) is 0 Å². The van der Waals surface area contributed by atoms with E-state index in [-0.39, 0.29) is 18.0 Å². The van der Waals surface area contributed by atoms with Crippen molar-refractivity contribution in [1.82, 2.24) is 4.98 Å². The number of nitrogens with two attached hydrogens (primary N) is 1. The Kier molecular flexibility index (Phi) is 4.60. The molecule has 0 spiro atoms. The summed E-state index contributed by atoms with van der Waals surface area (Å²) in [6, 6.07) is 1.86. The molecule has 5 heteroatoms. The van der Waals surface area contributed by atoms with E-state index in [4.69, 9.17) is 20.6 Å². The molecule has 0 aliphatic heterocycles. The van der Waals surface area contributed by atoms with E-state index in [1.165, 1.54) is 0 Å². The zero-order valence-electron chi connectivity index (χ0n) is 12.4. The molecule has 1 saturated carbocycles. The minimum Gasteiger partial charge on any atom is -0.489 e.